The van der Waals surface area contributed by atoms with Crippen LogP contribution >= 0.6 is 11.6 Å². The lowest BCUT2D eigenvalue weighted by Crippen LogP contribution is -2.22. The highest BCUT2D eigenvalue weighted by atomic mass is 35.5. The van der Waals surface area contributed by atoms with E-state index in [2.05, 4.69) is 21.0 Å². The van der Waals surface area contributed by atoms with Crippen molar-refractivity contribution in [2.45, 2.75) is 26.7 Å². The number of aromatic amines is 1. The standard InChI is InChI=1S/C15H17ClN4O.C2H6/c1-20(6-7-21)14-8-10(11(16)9-17-14)15-18-12-4-2-3-5-13(12)19-15;1-2/h2,4,8-9,21H,3,5-7H2,1H3,(H,18,19);1-2H3. The molecule has 124 valence electrons. The molecule has 0 aliphatic heterocycles. The van der Waals surface area contributed by atoms with E-state index in [0.717, 1.165) is 41.4 Å². The number of rotatable bonds is 4. The minimum Gasteiger partial charge on any atom is -0.395 e. The van der Waals surface area contributed by atoms with Crippen molar-refractivity contribution in [1.82, 2.24) is 15.0 Å². The molecule has 2 N–H and O–H groups in total. The number of aryl methyl sites for hydroxylation is 1. The second kappa shape index (κ2) is 8.13. The number of hydrogen-bond donors (Lipinski definition) is 2. The number of imidazole rings is 1. The molecular formula is C17H23ClN4O. The summed E-state index contributed by atoms with van der Waals surface area (Å²) in [6, 6.07) is 1.89. The van der Waals surface area contributed by atoms with Crippen LogP contribution in [0, 0.1) is 0 Å². The molecule has 0 spiro atoms. The average Bonchev–Trinajstić information content (AvgIpc) is 3.01. The van der Waals surface area contributed by atoms with Crippen molar-refractivity contribution >= 4 is 23.5 Å². The van der Waals surface area contributed by atoms with Gasteiger partial charge in [0.1, 0.15) is 11.6 Å². The van der Waals surface area contributed by atoms with Gasteiger partial charge in [-0.15, -0.1) is 0 Å². The van der Waals surface area contributed by atoms with Crippen molar-refractivity contribution in [2.75, 3.05) is 25.1 Å². The van der Waals surface area contributed by atoms with Crippen LogP contribution in [0.1, 0.15) is 31.7 Å². The molecule has 0 bridgehead atoms. The highest BCUT2D eigenvalue weighted by Crippen LogP contribution is 2.30. The SMILES string of the molecule is CC.CN(CCO)c1cc(-c2nc3c([nH]2)CCC=C3)c(Cl)cn1. The molecule has 0 saturated carbocycles. The summed E-state index contributed by atoms with van der Waals surface area (Å²) in [6.45, 7) is 4.60. The van der Waals surface area contributed by atoms with Gasteiger partial charge in [0.05, 0.1) is 17.3 Å². The Morgan fingerprint density at radius 2 is 2.17 bits per heavy atom. The van der Waals surface area contributed by atoms with Crippen LogP contribution < -0.4 is 4.90 Å². The molecule has 2 heterocycles. The maximum absolute atomic E-state index is 9.03. The molecule has 0 unspecified atom stereocenters. The Hall–Kier alpha value is -1.85. The number of anilines is 1. The molecule has 5 nitrogen and oxygen atoms in total. The molecule has 0 amide bonds. The molecule has 1 aliphatic carbocycles. The predicted octanol–water partition coefficient (Wildman–Crippen LogP) is 3.54. The highest BCUT2D eigenvalue weighted by molar-refractivity contribution is 6.33. The van der Waals surface area contributed by atoms with Gasteiger partial charge in [0.2, 0.25) is 0 Å². The lowest BCUT2D eigenvalue weighted by atomic mass is 10.1. The number of pyridine rings is 1. The quantitative estimate of drug-likeness (QED) is 0.897. The molecule has 0 aromatic carbocycles. The third-order valence-electron chi connectivity index (χ3n) is 3.57. The number of aliphatic hydroxyl groups excluding tert-OH is 1. The van der Waals surface area contributed by atoms with Crippen LogP contribution in [0.3, 0.4) is 0 Å². The van der Waals surface area contributed by atoms with Crippen LogP contribution in [-0.2, 0) is 6.42 Å². The zero-order chi connectivity index (χ0) is 16.8. The Balaban J connectivity index is 0.000000924. The van der Waals surface area contributed by atoms with Crippen molar-refractivity contribution in [1.29, 1.82) is 0 Å². The Morgan fingerprint density at radius 3 is 2.87 bits per heavy atom. The largest absolute Gasteiger partial charge is 0.395 e. The number of H-pyrrole nitrogens is 1. The van der Waals surface area contributed by atoms with E-state index >= 15 is 0 Å². The van der Waals surface area contributed by atoms with Crippen LogP contribution in [0.25, 0.3) is 17.5 Å². The second-order valence-electron chi connectivity index (χ2n) is 5.06. The average molecular weight is 335 g/mol. The van der Waals surface area contributed by atoms with E-state index in [4.69, 9.17) is 16.7 Å². The Kier molecular flexibility index (Phi) is 6.19. The first-order chi connectivity index (χ1) is 11.2. The number of halogens is 1. The molecule has 0 radical (unpaired) electrons. The Morgan fingerprint density at radius 1 is 1.39 bits per heavy atom. The lowest BCUT2D eigenvalue weighted by molar-refractivity contribution is 0.304. The fraction of sp³-hybridized carbons (Fsp3) is 0.412. The van der Waals surface area contributed by atoms with Gasteiger partial charge in [-0.1, -0.05) is 31.5 Å². The molecule has 2 aromatic rings. The van der Waals surface area contributed by atoms with E-state index in [-0.39, 0.29) is 6.61 Å². The van der Waals surface area contributed by atoms with Crippen LogP contribution in [0.5, 0.6) is 0 Å². The van der Waals surface area contributed by atoms with Gasteiger partial charge in [0.15, 0.2) is 0 Å². The summed E-state index contributed by atoms with van der Waals surface area (Å²) in [5.74, 6) is 1.52. The zero-order valence-corrected chi connectivity index (χ0v) is 14.6. The second-order valence-corrected chi connectivity index (χ2v) is 5.46. The van der Waals surface area contributed by atoms with E-state index in [1.807, 2.05) is 37.9 Å². The normalized spacial score (nSPS) is 12.4. The molecule has 6 heteroatoms. The monoisotopic (exact) mass is 334 g/mol. The minimum absolute atomic E-state index is 0.0793. The smallest absolute Gasteiger partial charge is 0.139 e. The van der Waals surface area contributed by atoms with Crippen LogP contribution in [0.15, 0.2) is 18.3 Å². The summed E-state index contributed by atoms with van der Waals surface area (Å²) >= 11 is 6.27. The van der Waals surface area contributed by atoms with Gasteiger partial charge in [0.25, 0.3) is 0 Å². The summed E-state index contributed by atoms with van der Waals surface area (Å²) in [5.41, 5.74) is 2.95. The zero-order valence-electron chi connectivity index (χ0n) is 13.8. The maximum Gasteiger partial charge on any atom is 0.139 e. The van der Waals surface area contributed by atoms with E-state index in [1.54, 1.807) is 6.20 Å². The van der Waals surface area contributed by atoms with Crippen molar-refractivity contribution < 1.29 is 5.11 Å². The van der Waals surface area contributed by atoms with Crippen LogP contribution in [-0.4, -0.2) is 40.3 Å². The first-order valence-corrected chi connectivity index (χ1v) is 8.30. The van der Waals surface area contributed by atoms with E-state index in [9.17, 15) is 0 Å². The van der Waals surface area contributed by atoms with Crippen molar-refractivity contribution in [2.24, 2.45) is 0 Å². The number of nitrogens with zero attached hydrogens (tertiary/aromatic N) is 3. The summed E-state index contributed by atoms with van der Waals surface area (Å²) in [7, 11) is 1.88. The van der Waals surface area contributed by atoms with Gasteiger partial charge in [-0.05, 0) is 25.0 Å². The summed E-state index contributed by atoms with van der Waals surface area (Å²) in [6.07, 6.45) is 7.79. The number of likely N-dealkylation sites (N-methyl/N-ethyl adjacent to an activating group) is 1. The van der Waals surface area contributed by atoms with E-state index in [0.29, 0.717) is 11.6 Å². The van der Waals surface area contributed by atoms with Gasteiger partial charge in [-0.3, -0.25) is 0 Å². The molecule has 1 aliphatic rings. The molecule has 3 rings (SSSR count). The molecule has 0 fully saturated rings. The number of nitrogens with one attached hydrogen (secondary N) is 1. The van der Waals surface area contributed by atoms with Crippen LogP contribution in [0.4, 0.5) is 5.82 Å². The predicted molar refractivity (Wildman–Crippen MR) is 95.9 cm³/mol. The van der Waals surface area contributed by atoms with Gasteiger partial charge < -0.3 is 15.0 Å². The molecule has 2 aromatic heterocycles. The number of aromatic nitrogens is 3. The van der Waals surface area contributed by atoms with Gasteiger partial charge >= 0.3 is 0 Å². The number of aliphatic hydroxyl groups is 1. The molecule has 0 atom stereocenters. The Labute approximate surface area is 142 Å². The van der Waals surface area contributed by atoms with Crippen molar-refractivity contribution in [3.05, 3.63) is 34.7 Å². The number of allylic oxidation sites excluding steroid dienone is 1. The third-order valence-corrected chi connectivity index (χ3v) is 3.87. The molecular weight excluding hydrogens is 312 g/mol. The number of hydrogen-bond acceptors (Lipinski definition) is 4. The molecule has 0 saturated heterocycles. The first kappa shape index (κ1) is 17.5. The van der Waals surface area contributed by atoms with E-state index in [1.165, 1.54) is 0 Å². The van der Waals surface area contributed by atoms with Crippen LogP contribution in [0.2, 0.25) is 5.02 Å². The lowest BCUT2D eigenvalue weighted by Gasteiger charge is -2.17. The van der Waals surface area contributed by atoms with Crippen molar-refractivity contribution in [3.8, 4) is 11.4 Å². The number of fused-ring (bicyclic) bond motifs is 1. The highest BCUT2D eigenvalue weighted by Gasteiger charge is 2.15. The summed E-state index contributed by atoms with van der Waals surface area (Å²) in [5, 5.41) is 9.59. The molecule has 23 heavy (non-hydrogen) atoms. The van der Waals surface area contributed by atoms with Gasteiger partial charge in [0, 0.05) is 31.0 Å². The topological polar surface area (TPSA) is 65.0 Å². The summed E-state index contributed by atoms with van der Waals surface area (Å²) in [4.78, 5) is 14.1. The first-order valence-electron chi connectivity index (χ1n) is 7.92. The third kappa shape index (κ3) is 3.92. The van der Waals surface area contributed by atoms with Gasteiger partial charge in [-0.2, -0.15) is 0 Å². The maximum atomic E-state index is 9.03. The Bertz CT molecular complexity index is 681. The van der Waals surface area contributed by atoms with E-state index < -0.39 is 0 Å². The van der Waals surface area contributed by atoms with Gasteiger partial charge in [-0.25, -0.2) is 9.97 Å². The van der Waals surface area contributed by atoms with Crippen molar-refractivity contribution in [3.63, 3.8) is 0 Å². The minimum atomic E-state index is 0.0793. The fourth-order valence-corrected chi connectivity index (χ4v) is 2.58. The summed E-state index contributed by atoms with van der Waals surface area (Å²) < 4.78 is 0. The fourth-order valence-electron chi connectivity index (χ4n) is 2.38.